The second-order valence-corrected chi connectivity index (χ2v) is 5.47. The van der Waals surface area contributed by atoms with E-state index in [1.165, 1.54) is 7.11 Å². The average Bonchev–Trinajstić information content (AvgIpc) is 2.64. The van der Waals surface area contributed by atoms with Crippen molar-refractivity contribution in [3.8, 4) is 17.0 Å². The van der Waals surface area contributed by atoms with E-state index in [0.717, 1.165) is 11.3 Å². The van der Waals surface area contributed by atoms with Crippen LogP contribution in [-0.2, 0) is 0 Å². The second kappa shape index (κ2) is 7.15. The Labute approximate surface area is 145 Å². The SMILES string of the molecule is COc1ccccc1C(=O)Nc1ccc(Cl)c(-c2ccccn2)c1. The van der Waals surface area contributed by atoms with Crippen LogP contribution in [0.4, 0.5) is 5.69 Å². The van der Waals surface area contributed by atoms with Gasteiger partial charge in [-0.25, -0.2) is 0 Å². The summed E-state index contributed by atoms with van der Waals surface area (Å²) in [6, 6.07) is 18.0. The van der Waals surface area contributed by atoms with E-state index >= 15 is 0 Å². The molecule has 1 amide bonds. The molecule has 0 bridgehead atoms. The Morgan fingerprint density at radius 3 is 2.62 bits per heavy atom. The summed E-state index contributed by atoms with van der Waals surface area (Å²) in [5.74, 6) is 0.274. The number of anilines is 1. The van der Waals surface area contributed by atoms with Gasteiger partial charge >= 0.3 is 0 Å². The smallest absolute Gasteiger partial charge is 0.259 e. The maximum absolute atomic E-state index is 12.5. The van der Waals surface area contributed by atoms with Gasteiger partial charge in [0.15, 0.2) is 0 Å². The number of amides is 1. The molecule has 4 nitrogen and oxygen atoms in total. The number of rotatable bonds is 4. The molecule has 0 aliphatic rings. The third-order valence-corrected chi connectivity index (χ3v) is 3.85. The Hall–Kier alpha value is -2.85. The summed E-state index contributed by atoms with van der Waals surface area (Å²) in [5.41, 5.74) is 2.61. The quantitative estimate of drug-likeness (QED) is 0.752. The lowest BCUT2D eigenvalue weighted by molar-refractivity contribution is 0.102. The lowest BCUT2D eigenvalue weighted by Gasteiger charge is -2.11. The zero-order valence-corrected chi connectivity index (χ0v) is 13.7. The van der Waals surface area contributed by atoms with E-state index in [4.69, 9.17) is 16.3 Å². The molecule has 3 aromatic rings. The summed E-state index contributed by atoms with van der Waals surface area (Å²) < 4.78 is 5.22. The summed E-state index contributed by atoms with van der Waals surface area (Å²) >= 11 is 6.26. The lowest BCUT2D eigenvalue weighted by atomic mass is 10.1. The number of benzene rings is 2. The monoisotopic (exact) mass is 338 g/mol. The number of aromatic nitrogens is 1. The zero-order valence-electron chi connectivity index (χ0n) is 13.0. The maximum atomic E-state index is 12.5. The molecule has 0 saturated carbocycles. The van der Waals surface area contributed by atoms with Crippen molar-refractivity contribution in [2.24, 2.45) is 0 Å². The normalized spacial score (nSPS) is 10.2. The molecule has 3 rings (SSSR count). The Kier molecular flexibility index (Phi) is 4.77. The van der Waals surface area contributed by atoms with Crippen LogP contribution in [0, 0.1) is 0 Å². The van der Waals surface area contributed by atoms with Crippen molar-refractivity contribution in [2.45, 2.75) is 0 Å². The topological polar surface area (TPSA) is 51.2 Å². The Bertz CT molecular complexity index is 866. The molecule has 1 aromatic heterocycles. The van der Waals surface area contributed by atoms with Gasteiger partial charge in [0.25, 0.3) is 5.91 Å². The Morgan fingerprint density at radius 2 is 1.88 bits per heavy atom. The number of para-hydroxylation sites is 1. The second-order valence-electron chi connectivity index (χ2n) is 5.06. The average molecular weight is 339 g/mol. The first-order valence-corrected chi connectivity index (χ1v) is 7.72. The van der Waals surface area contributed by atoms with Gasteiger partial charge in [-0.2, -0.15) is 0 Å². The minimum absolute atomic E-state index is 0.248. The molecule has 1 heterocycles. The first-order chi connectivity index (χ1) is 11.7. The van der Waals surface area contributed by atoms with Crippen molar-refractivity contribution in [1.29, 1.82) is 0 Å². The van der Waals surface area contributed by atoms with Crippen LogP contribution < -0.4 is 10.1 Å². The van der Waals surface area contributed by atoms with E-state index in [-0.39, 0.29) is 5.91 Å². The number of ether oxygens (including phenoxy) is 1. The molecule has 0 fully saturated rings. The molecule has 0 radical (unpaired) electrons. The molecular formula is C19H15ClN2O2. The van der Waals surface area contributed by atoms with Crippen LogP contribution in [0.5, 0.6) is 5.75 Å². The van der Waals surface area contributed by atoms with E-state index in [1.807, 2.05) is 24.3 Å². The van der Waals surface area contributed by atoms with Gasteiger partial charge < -0.3 is 10.1 Å². The third kappa shape index (κ3) is 3.39. The Balaban J connectivity index is 1.90. The van der Waals surface area contributed by atoms with Gasteiger partial charge in [0.1, 0.15) is 5.75 Å². The third-order valence-electron chi connectivity index (χ3n) is 3.52. The van der Waals surface area contributed by atoms with Gasteiger partial charge in [0, 0.05) is 17.4 Å². The predicted octanol–water partition coefficient (Wildman–Crippen LogP) is 4.66. The number of carbonyl (C=O) groups is 1. The molecule has 1 N–H and O–H groups in total. The number of nitrogens with one attached hydrogen (secondary N) is 1. The highest BCUT2D eigenvalue weighted by Crippen LogP contribution is 2.29. The highest BCUT2D eigenvalue weighted by Gasteiger charge is 2.13. The maximum Gasteiger partial charge on any atom is 0.259 e. The fourth-order valence-electron chi connectivity index (χ4n) is 2.35. The summed E-state index contributed by atoms with van der Waals surface area (Å²) in [6.07, 6.45) is 1.70. The highest BCUT2D eigenvalue weighted by molar-refractivity contribution is 6.33. The molecule has 0 aliphatic heterocycles. The highest BCUT2D eigenvalue weighted by atomic mass is 35.5. The fraction of sp³-hybridized carbons (Fsp3) is 0.0526. The molecule has 0 aliphatic carbocycles. The van der Waals surface area contributed by atoms with E-state index < -0.39 is 0 Å². The molecular weight excluding hydrogens is 324 g/mol. The number of hydrogen-bond donors (Lipinski definition) is 1. The van der Waals surface area contributed by atoms with E-state index in [2.05, 4.69) is 10.3 Å². The van der Waals surface area contributed by atoms with E-state index in [1.54, 1.807) is 42.6 Å². The predicted molar refractivity (Wildman–Crippen MR) is 95.6 cm³/mol. The van der Waals surface area contributed by atoms with Crippen LogP contribution in [0.2, 0.25) is 5.02 Å². The Morgan fingerprint density at radius 1 is 1.08 bits per heavy atom. The van der Waals surface area contributed by atoms with Crippen molar-refractivity contribution >= 4 is 23.2 Å². The van der Waals surface area contributed by atoms with Gasteiger partial charge in [-0.3, -0.25) is 9.78 Å². The number of pyridine rings is 1. The molecule has 120 valence electrons. The summed E-state index contributed by atoms with van der Waals surface area (Å²) in [5, 5.41) is 3.44. The molecule has 0 spiro atoms. The van der Waals surface area contributed by atoms with Crippen LogP contribution in [0.15, 0.2) is 66.9 Å². The minimum Gasteiger partial charge on any atom is -0.496 e. The van der Waals surface area contributed by atoms with Gasteiger partial charge in [0.2, 0.25) is 0 Å². The number of methoxy groups -OCH3 is 1. The van der Waals surface area contributed by atoms with Crippen LogP contribution >= 0.6 is 11.6 Å². The van der Waals surface area contributed by atoms with Gasteiger partial charge in [-0.05, 0) is 42.5 Å². The summed E-state index contributed by atoms with van der Waals surface area (Å²) in [4.78, 5) is 16.8. The number of nitrogens with zero attached hydrogens (tertiary/aromatic N) is 1. The van der Waals surface area contributed by atoms with Crippen molar-refractivity contribution in [2.75, 3.05) is 12.4 Å². The van der Waals surface area contributed by atoms with Crippen molar-refractivity contribution in [3.05, 3.63) is 77.4 Å². The van der Waals surface area contributed by atoms with Crippen molar-refractivity contribution in [3.63, 3.8) is 0 Å². The summed E-state index contributed by atoms with van der Waals surface area (Å²) in [6.45, 7) is 0. The van der Waals surface area contributed by atoms with Gasteiger partial charge in [-0.15, -0.1) is 0 Å². The largest absolute Gasteiger partial charge is 0.496 e. The van der Waals surface area contributed by atoms with Crippen LogP contribution in [-0.4, -0.2) is 18.0 Å². The fourth-order valence-corrected chi connectivity index (χ4v) is 2.57. The van der Waals surface area contributed by atoms with Gasteiger partial charge in [0.05, 0.1) is 23.4 Å². The zero-order chi connectivity index (χ0) is 16.9. The number of carbonyl (C=O) groups excluding carboxylic acids is 1. The first kappa shape index (κ1) is 16.0. The van der Waals surface area contributed by atoms with Crippen LogP contribution in [0.25, 0.3) is 11.3 Å². The van der Waals surface area contributed by atoms with Crippen LogP contribution in [0.1, 0.15) is 10.4 Å². The van der Waals surface area contributed by atoms with E-state index in [9.17, 15) is 4.79 Å². The lowest BCUT2D eigenvalue weighted by Crippen LogP contribution is -2.13. The molecule has 0 atom stereocenters. The van der Waals surface area contributed by atoms with Gasteiger partial charge in [-0.1, -0.05) is 29.8 Å². The standard InChI is InChI=1S/C19H15ClN2O2/c1-24-18-8-3-2-6-14(18)19(23)22-13-9-10-16(20)15(12-13)17-7-4-5-11-21-17/h2-12H,1H3,(H,22,23). The van der Waals surface area contributed by atoms with Crippen molar-refractivity contribution in [1.82, 2.24) is 4.98 Å². The van der Waals surface area contributed by atoms with E-state index in [0.29, 0.717) is 22.0 Å². The summed E-state index contributed by atoms with van der Waals surface area (Å²) in [7, 11) is 1.54. The molecule has 24 heavy (non-hydrogen) atoms. The molecule has 0 saturated heterocycles. The molecule has 0 unspecified atom stereocenters. The van der Waals surface area contributed by atoms with Crippen molar-refractivity contribution < 1.29 is 9.53 Å². The number of hydrogen-bond acceptors (Lipinski definition) is 3. The minimum atomic E-state index is -0.248. The number of halogens is 1. The molecule has 5 heteroatoms. The molecule has 2 aromatic carbocycles. The van der Waals surface area contributed by atoms with Crippen LogP contribution in [0.3, 0.4) is 0 Å². The first-order valence-electron chi connectivity index (χ1n) is 7.34.